The molecule has 3 nitrogen and oxygen atoms in total. The van der Waals surface area contributed by atoms with Gasteiger partial charge in [0.15, 0.2) is 6.20 Å². The highest BCUT2D eigenvalue weighted by molar-refractivity contribution is 6.90. The first-order chi connectivity index (χ1) is 14.8. The third-order valence-electron chi connectivity index (χ3n) is 6.81. The number of aromatic nitrogens is 2. The lowest BCUT2D eigenvalue weighted by molar-refractivity contribution is -0.644. The van der Waals surface area contributed by atoms with Crippen molar-refractivity contribution >= 4 is 62.3 Å². The van der Waals surface area contributed by atoms with Gasteiger partial charge in [0, 0.05) is 27.6 Å². The van der Waals surface area contributed by atoms with Crippen LogP contribution in [0.4, 0.5) is 0 Å². The molecule has 6 aromatic rings. The number of aryl methyl sites for hydroxylation is 2. The molecule has 3 aromatic heterocycles. The fraction of sp³-hybridized carbons (Fsp3) is 0.185. The largest absolute Gasteiger partial charge is 0.303 e. The highest BCUT2D eigenvalue weighted by Gasteiger charge is 2.28. The number of rotatable bonds is 1. The zero-order valence-electron chi connectivity index (χ0n) is 18.5. The Morgan fingerprint density at radius 2 is 1.61 bits per heavy atom. The fourth-order valence-electron chi connectivity index (χ4n) is 5.51. The van der Waals surface area contributed by atoms with Crippen molar-refractivity contribution in [2.45, 2.75) is 26.6 Å². The molecule has 0 fully saturated rings. The second-order valence-corrected chi connectivity index (χ2v) is 14.8. The Morgan fingerprint density at radius 3 is 2.35 bits per heavy atom. The summed E-state index contributed by atoms with van der Waals surface area (Å²) in [6.07, 6.45) is 2.18. The van der Waals surface area contributed by atoms with Gasteiger partial charge in [-0.1, -0.05) is 50.0 Å². The zero-order valence-corrected chi connectivity index (χ0v) is 19.5. The molecule has 0 N–H and O–H groups in total. The van der Waals surface area contributed by atoms with Gasteiger partial charge in [0.1, 0.15) is 12.6 Å². The molecule has 0 aliphatic heterocycles. The molecule has 0 amide bonds. The molecule has 0 spiro atoms. The average Bonchev–Trinajstić information content (AvgIpc) is 3.08. The lowest BCUT2D eigenvalue weighted by Gasteiger charge is -2.19. The predicted octanol–water partition coefficient (Wildman–Crippen LogP) is 5.54. The molecular weight excluding hydrogens is 394 g/mol. The van der Waals surface area contributed by atoms with Gasteiger partial charge in [-0.3, -0.25) is 0 Å². The Hall–Kier alpha value is -3.42. The van der Waals surface area contributed by atoms with Crippen molar-refractivity contribution in [3.05, 3.63) is 65.9 Å². The van der Waals surface area contributed by atoms with E-state index >= 15 is 0 Å². The number of para-hydroxylation sites is 1. The summed E-state index contributed by atoms with van der Waals surface area (Å²) in [5, 5.41) is 17.4. The molecule has 4 heteroatoms. The standard InChI is InChI=1S/C27H24N3Si/c1-16-14-17(15-28)18-8-6-10-21-24(18)23(16)27-26-20(12-13-29(27)2)19-9-7-11-22(31(3,4)5)25(19)30(21)26/h6-14H,1-5H3/q+1. The SMILES string of the molecule is Cc1cc(C#N)c2cccc3c2c1c1c2c(cc[n+]1C)c1cccc([Si](C)(C)C)c1n32. The van der Waals surface area contributed by atoms with E-state index in [0.29, 0.717) is 0 Å². The maximum absolute atomic E-state index is 9.86. The molecule has 3 aromatic carbocycles. The molecule has 31 heavy (non-hydrogen) atoms. The molecule has 3 heterocycles. The van der Waals surface area contributed by atoms with Gasteiger partial charge in [-0.15, -0.1) is 0 Å². The van der Waals surface area contributed by atoms with Crippen LogP contribution in [-0.2, 0) is 7.05 Å². The Balaban J connectivity index is 2.10. The van der Waals surface area contributed by atoms with Crippen molar-refractivity contribution in [3.8, 4) is 6.07 Å². The molecule has 150 valence electrons. The first kappa shape index (κ1) is 18.4. The van der Waals surface area contributed by atoms with E-state index in [4.69, 9.17) is 0 Å². The van der Waals surface area contributed by atoms with Crippen LogP contribution in [0.5, 0.6) is 0 Å². The second kappa shape index (κ2) is 5.84. The van der Waals surface area contributed by atoms with Crippen LogP contribution >= 0.6 is 0 Å². The van der Waals surface area contributed by atoms with Crippen LogP contribution in [0.1, 0.15) is 11.1 Å². The number of benzene rings is 3. The lowest BCUT2D eigenvalue weighted by atomic mass is 9.94. The van der Waals surface area contributed by atoms with Crippen LogP contribution in [0.25, 0.3) is 49.0 Å². The summed E-state index contributed by atoms with van der Waals surface area (Å²) in [6.45, 7) is 9.39. The summed E-state index contributed by atoms with van der Waals surface area (Å²) < 4.78 is 4.74. The molecule has 0 radical (unpaired) electrons. The molecule has 0 unspecified atom stereocenters. The van der Waals surface area contributed by atoms with Crippen molar-refractivity contribution in [2.75, 3.05) is 0 Å². The Morgan fingerprint density at radius 1 is 0.903 bits per heavy atom. The Bertz CT molecular complexity index is 1740. The minimum atomic E-state index is -1.60. The Labute approximate surface area is 182 Å². The third-order valence-corrected chi connectivity index (χ3v) is 8.83. The summed E-state index contributed by atoms with van der Waals surface area (Å²) in [6, 6.07) is 20.0. The number of pyridine rings is 2. The number of fused-ring (bicyclic) bond motifs is 5. The van der Waals surface area contributed by atoms with Crippen LogP contribution < -0.4 is 9.75 Å². The molecule has 0 aliphatic carbocycles. The van der Waals surface area contributed by atoms with E-state index in [1.807, 2.05) is 6.07 Å². The van der Waals surface area contributed by atoms with Crippen molar-refractivity contribution in [1.82, 2.24) is 4.40 Å². The third kappa shape index (κ3) is 2.19. The van der Waals surface area contributed by atoms with Gasteiger partial charge in [0.2, 0.25) is 5.52 Å². The van der Waals surface area contributed by atoms with Crippen molar-refractivity contribution < 1.29 is 4.57 Å². The van der Waals surface area contributed by atoms with E-state index in [1.165, 1.54) is 48.8 Å². The van der Waals surface area contributed by atoms with Gasteiger partial charge in [-0.05, 0) is 29.8 Å². The number of nitrogens with zero attached hydrogens (tertiary/aromatic N) is 3. The van der Waals surface area contributed by atoms with Crippen LogP contribution in [0.15, 0.2) is 54.7 Å². The minimum Gasteiger partial charge on any atom is -0.303 e. The van der Waals surface area contributed by atoms with Gasteiger partial charge < -0.3 is 4.40 Å². The second-order valence-electron chi connectivity index (χ2n) is 9.75. The molecule has 6 rings (SSSR count). The van der Waals surface area contributed by atoms with Crippen molar-refractivity contribution in [3.63, 3.8) is 0 Å². The number of nitriles is 1. The van der Waals surface area contributed by atoms with Crippen LogP contribution in [-0.4, -0.2) is 12.5 Å². The highest BCUT2D eigenvalue weighted by Crippen LogP contribution is 2.40. The van der Waals surface area contributed by atoms with E-state index < -0.39 is 8.07 Å². The zero-order chi connectivity index (χ0) is 21.7. The monoisotopic (exact) mass is 418 g/mol. The van der Waals surface area contributed by atoms with Gasteiger partial charge in [-0.2, -0.15) is 9.83 Å². The highest BCUT2D eigenvalue weighted by atomic mass is 28.3. The van der Waals surface area contributed by atoms with Gasteiger partial charge in [-0.25, -0.2) is 0 Å². The molecule has 0 aliphatic rings. The molecule has 0 saturated carbocycles. The number of hydrogen-bond donors (Lipinski definition) is 0. The van der Waals surface area contributed by atoms with Gasteiger partial charge in [0.25, 0.3) is 0 Å². The number of hydrogen-bond acceptors (Lipinski definition) is 1. The van der Waals surface area contributed by atoms with E-state index in [9.17, 15) is 5.26 Å². The average molecular weight is 419 g/mol. The topological polar surface area (TPSA) is 32.1 Å². The lowest BCUT2D eigenvalue weighted by Crippen LogP contribution is -2.38. The van der Waals surface area contributed by atoms with Crippen molar-refractivity contribution in [1.29, 1.82) is 5.26 Å². The summed E-state index contributed by atoms with van der Waals surface area (Å²) in [7, 11) is 0.534. The van der Waals surface area contributed by atoms with Gasteiger partial charge in [0.05, 0.1) is 36.1 Å². The maximum atomic E-state index is 9.86. The molecular formula is C27H24N3Si+. The quantitative estimate of drug-likeness (QED) is 0.149. The normalized spacial score (nSPS) is 12.6. The first-order valence-corrected chi connectivity index (χ1v) is 14.3. The molecule has 0 atom stereocenters. The smallest absolute Gasteiger partial charge is 0.238 e. The van der Waals surface area contributed by atoms with Gasteiger partial charge >= 0.3 is 0 Å². The fourth-order valence-corrected chi connectivity index (χ4v) is 7.06. The molecule has 0 bridgehead atoms. The van der Waals surface area contributed by atoms with E-state index in [-0.39, 0.29) is 0 Å². The maximum Gasteiger partial charge on any atom is 0.238 e. The Kier molecular flexibility index (Phi) is 3.46. The van der Waals surface area contributed by atoms with Crippen molar-refractivity contribution in [2.24, 2.45) is 7.05 Å². The first-order valence-electron chi connectivity index (χ1n) is 10.8. The van der Waals surface area contributed by atoms with E-state index in [0.717, 1.165) is 16.5 Å². The predicted molar refractivity (Wildman–Crippen MR) is 132 cm³/mol. The summed E-state index contributed by atoms with van der Waals surface area (Å²) in [4.78, 5) is 0. The molecule has 0 saturated heterocycles. The van der Waals surface area contributed by atoms with Crippen LogP contribution in [0.3, 0.4) is 0 Å². The summed E-state index contributed by atoms with van der Waals surface area (Å²) in [5.41, 5.74) is 6.94. The van der Waals surface area contributed by atoms with Crippen LogP contribution in [0.2, 0.25) is 19.6 Å². The summed E-state index contributed by atoms with van der Waals surface area (Å²) >= 11 is 0. The summed E-state index contributed by atoms with van der Waals surface area (Å²) in [5.74, 6) is 0. The minimum absolute atomic E-state index is 0.748. The van der Waals surface area contributed by atoms with E-state index in [1.54, 1.807) is 0 Å². The van der Waals surface area contributed by atoms with Crippen LogP contribution in [0, 0.1) is 18.3 Å². The van der Waals surface area contributed by atoms with E-state index in [2.05, 4.69) is 97.3 Å².